The van der Waals surface area contributed by atoms with Crippen molar-refractivity contribution in [3.63, 3.8) is 0 Å². The van der Waals surface area contributed by atoms with Gasteiger partial charge in [0.25, 0.3) is 0 Å². The summed E-state index contributed by atoms with van der Waals surface area (Å²) in [6.07, 6.45) is 6.35. The Kier molecular flexibility index (Phi) is 3.69. The van der Waals surface area contributed by atoms with E-state index in [4.69, 9.17) is 14.9 Å². The van der Waals surface area contributed by atoms with Crippen LogP contribution in [0.1, 0.15) is 37.7 Å². The number of benzene rings is 2. The van der Waals surface area contributed by atoms with E-state index in [0.29, 0.717) is 18.4 Å². The van der Waals surface area contributed by atoms with Gasteiger partial charge in [-0.25, -0.2) is 4.98 Å². The van der Waals surface area contributed by atoms with E-state index in [1.807, 2.05) is 24.3 Å². The van der Waals surface area contributed by atoms with Crippen LogP contribution in [0.15, 0.2) is 52.9 Å². The molecule has 4 aliphatic carbocycles. The highest BCUT2D eigenvalue weighted by atomic mass is 16.5. The third-order valence-electron chi connectivity index (χ3n) is 7.34. The topological polar surface area (TPSA) is 61.3 Å². The number of hydrogen-bond donors (Lipinski definition) is 1. The molecule has 0 amide bonds. The van der Waals surface area contributed by atoms with Crippen LogP contribution in [0.4, 0.5) is 0 Å². The van der Waals surface area contributed by atoms with Crippen LogP contribution in [0, 0.1) is 17.8 Å². The first kappa shape index (κ1) is 16.8. The lowest BCUT2D eigenvalue weighted by molar-refractivity contribution is -0.181. The van der Waals surface area contributed by atoms with Gasteiger partial charge in [-0.2, -0.15) is 0 Å². The van der Waals surface area contributed by atoms with Gasteiger partial charge < -0.3 is 14.9 Å². The van der Waals surface area contributed by atoms with Crippen molar-refractivity contribution >= 4 is 11.1 Å². The number of nitrogens with two attached hydrogens (primary N) is 1. The number of nitrogens with zero attached hydrogens (tertiary/aromatic N) is 1. The lowest BCUT2D eigenvalue weighted by Crippen LogP contribution is -2.64. The SMILES string of the molecule is NC1C2CC3CC(C2)CC1(OCc1ccc(-c2nc4ccccc4o2)cc1)C3. The zero-order valence-corrected chi connectivity index (χ0v) is 16.0. The minimum Gasteiger partial charge on any atom is -0.436 e. The van der Waals surface area contributed by atoms with Gasteiger partial charge in [-0.05, 0) is 79.7 Å². The Morgan fingerprint density at radius 2 is 1.75 bits per heavy atom. The zero-order valence-electron chi connectivity index (χ0n) is 16.0. The summed E-state index contributed by atoms with van der Waals surface area (Å²) in [6, 6.07) is 16.5. The second-order valence-electron chi connectivity index (χ2n) is 9.17. The van der Waals surface area contributed by atoms with Crippen LogP contribution in [-0.4, -0.2) is 16.6 Å². The number of hydrogen-bond acceptors (Lipinski definition) is 4. The normalized spacial score (nSPS) is 33.6. The van der Waals surface area contributed by atoms with Crippen molar-refractivity contribution in [2.75, 3.05) is 0 Å². The van der Waals surface area contributed by atoms with Crippen molar-refractivity contribution in [2.24, 2.45) is 23.5 Å². The molecule has 1 heterocycles. The lowest BCUT2D eigenvalue weighted by atomic mass is 9.52. The molecule has 144 valence electrons. The highest BCUT2D eigenvalue weighted by Crippen LogP contribution is 2.56. The van der Waals surface area contributed by atoms with Gasteiger partial charge in [-0.3, -0.25) is 0 Å². The molecule has 4 heteroatoms. The van der Waals surface area contributed by atoms with Crippen LogP contribution in [0.5, 0.6) is 0 Å². The summed E-state index contributed by atoms with van der Waals surface area (Å²) < 4.78 is 12.4. The number of aromatic nitrogens is 1. The number of para-hydroxylation sites is 2. The number of ether oxygens (including phenoxy) is 1. The number of oxazole rings is 1. The summed E-state index contributed by atoms with van der Waals surface area (Å²) in [5, 5.41) is 0. The Morgan fingerprint density at radius 3 is 2.50 bits per heavy atom. The van der Waals surface area contributed by atoms with Gasteiger partial charge in [0.05, 0.1) is 12.2 Å². The second-order valence-corrected chi connectivity index (χ2v) is 9.17. The molecular formula is C24H26N2O2. The molecule has 4 bridgehead atoms. The van der Waals surface area contributed by atoms with Gasteiger partial charge in [-0.15, -0.1) is 0 Å². The minimum absolute atomic E-state index is 0.0896. The van der Waals surface area contributed by atoms with Gasteiger partial charge in [0.15, 0.2) is 5.58 Å². The van der Waals surface area contributed by atoms with E-state index >= 15 is 0 Å². The standard InChI is InChI=1S/C24H26N2O2/c25-22-19-10-16-9-17(11-19)13-24(22,12-16)27-14-15-5-7-18(8-6-15)23-26-20-3-1-2-4-21(20)28-23/h1-8,16-17,19,22H,9-14,25H2. The van der Waals surface area contributed by atoms with Gasteiger partial charge in [0.1, 0.15) is 5.52 Å². The van der Waals surface area contributed by atoms with Crippen molar-refractivity contribution in [3.8, 4) is 11.5 Å². The molecule has 2 aromatic carbocycles. The summed E-state index contributed by atoms with van der Waals surface area (Å²) >= 11 is 0. The van der Waals surface area contributed by atoms with Crippen LogP contribution in [0.2, 0.25) is 0 Å². The van der Waals surface area contributed by atoms with E-state index in [2.05, 4.69) is 29.2 Å². The van der Waals surface area contributed by atoms with Crippen LogP contribution in [0.3, 0.4) is 0 Å². The van der Waals surface area contributed by atoms with E-state index in [1.54, 1.807) is 0 Å². The fourth-order valence-electron chi connectivity index (χ4n) is 6.19. The summed E-state index contributed by atoms with van der Waals surface area (Å²) in [7, 11) is 0. The molecule has 3 atom stereocenters. The van der Waals surface area contributed by atoms with Crippen molar-refractivity contribution in [2.45, 2.75) is 50.4 Å². The van der Waals surface area contributed by atoms with Gasteiger partial charge >= 0.3 is 0 Å². The van der Waals surface area contributed by atoms with Crippen molar-refractivity contribution in [1.29, 1.82) is 0 Å². The molecule has 1 aromatic heterocycles. The van der Waals surface area contributed by atoms with Crippen LogP contribution >= 0.6 is 0 Å². The maximum atomic E-state index is 6.66. The fourth-order valence-corrected chi connectivity index (χ4v) is 6.19. The largest absolute Gasteiger partial charge is 0.436 e. The van der Waals surface area contributed by atoms with E-state index in [0.717, 1.165) is 41.3 Å². The minimum atomic E-state index is -0.0896. The summed E-state index contributed by atoms with van der Waals surface area (Å²) in [5.41, 5.74) is 10.5. The molecule has 4 aliphatic rings. The monoisotopic (exact) mass is 374 g/mol. The third-order valence-corrected chi connectivity index (χ3v) is 7.34. The average molecular weight is 374 g/mol. The van der Waals surface area contributed by atoms with Gasteiger partial charge in [-0.1, -0.05) is 24.3 Å². The van der Waals surface area contributed by atoms with E-state index in [-0.39, 0.29) is 11.6 Å². The van der Waals surface area contributed by atoms with Crippen LogP contribution in [-0.2, 0) is 11.3 Å². The van der Waals surface area contributed by atoms with Crippen molar-refractivity contribution in [3.05, 3.63) is 54.1 Å². The van der Waals surface area contributed by atoms with Gasteiger partial charge in [0, 0.05) is 11.6 Å². The van der Waals surface area contributed by atoms with Gasteiger partial charge in [0.2, 0.25) is 5.89 Å². The molecule has 4 nitrogen and oxygen atoms in total. The molecule has 3 aromatic rings. The molecule has 4 saturated carbocycles. The maximum Gasteiger partial charge on any atom is 0.227 e. The number of fused-ring (bicyclic) bond motifs is 1. The first-order valence-electron chi connectivity index (χ1n) is 10.5. The quantitative estimate of drug-likeness (QED) is 0.704. The van der Waals surface area contributed by atoms with E-state index < -0.39 is 0 Å². The Morgan fingerprint density at radius 1 is 1.00 bits per heavy atom. The Hall–Kier alpha value is -2.17. The summed E-state index contributed by atoms with van der Waals surface area (Å²) in [6.45, 7) is 0.633. The van der Waals surface area contributed by atoms with Crippen molar-refractivity contribution in [1.82, 2.24) is 4.98 Å². The second kappa shape index (κ2) is 6.16. The molecule has 0 spiro atoms. The molecular weight excluding hydrogens is 348 g/mol. The molecule has 0 saturated heterocycles. The maximum absolute atomic E-state index is 6.66. The van der Waals surface area contributed by atoms with Crippen molar-refractivity contribution < 1.29 is 9.15 Å². The molecule has 4 fully saturated rings. The van der Waals surface area contributed by atoms with Crippen LogP contribution < -0.4 is 5.73 Å². The van der Waals surface area contributed by atoms with E-state index in [9.17, 15) is 0 Å². The predicted octanol–water partition coefficient (Wildman–Crippen LogP) is 4.92. The number of rotatable bonds is 4. The Labute approximate surface area is 165 Å². The predicted molar refractivity (Wildman–Crippen MR) is 108 cm³/mol. The molecule has 2 N–H and O–H groups in total. The summed E-state index contributed by atoms with van der Waals surface area (Å²) in [4.78, 5) is 4.58. The first-order valence-corrected chi connectivity index (χ1v) is 10.5. The smallest absolute Gasteiger partial charge is 0.227 e. The molecule has 3 unspecified atom stereocenters. The molecule has 28 heavy (non-hydrogen) atoms. The average Bonchev–Trinajstić information content (AvgIpc) is 3.15. The lowest BCUT2D eigenvalue weighted by Gasteiger charge is -2.59. The van der Waals surface area contributed by atoms with E-state index in [1.165, 1.54) is 24.8 Å². The molecule has 7 rings (SSSR count). The Bertz CT molecular complexity index is 962. The first-order chi connectivity index (χ1) is 13.7. The van der Waals surface area contributed by atoms with Crippen LogP contribution in [0.25, 0.3) is 22.6 Å². The zero-order chi connectivity index (χ0) is 18.7. The Balaban J connectivity index is 1.19. The molecule has 0 radical (unpaired) electrons. The highest BCUT2D eigenvalue weighted by molar-refractivity contribution is 5.75. The fraction of sp³-hybridized carbons (Fsp3) is 0.458. The third kappa shape index (κ3) is 2.62. The highest BCUT2D eigenvalue weighted by Gasteiger charge is 2.56. The summed E-state index contributed by atoms with van der Waals surface area (Å²) in [5.74, 6) is 3.00. The molecule has 0 aliphatic heterocycles.